The Morgan fingerprint density at radius 3 is 2.50 bits per heavy atom. The molecule has 0 spiro atoms. The highest BCUT2D eigenvalue weighted by Crippen LogP contribution is 2.37. The van der Waals surface area contributed by atoms with Gasteiger partial charge in [-0.3, -0.25) is 9.21 Å². The molecule has 1 saturated heterocycles. The Kier molecular flexibility index (Phi) is 13.6. The van der Waals surface area contributed by atoms with Gasteiger partial charge in [0.25, 0.3) is 0 Å². The molecule has 218 valence electrons. The molecule has 1 fully saturated rings. The Bertz CT molecular complexity index is 846. The molecule has 0 radical (unpaired) electrons. The minimum Gasteiger partial charge on any atom is -0.493 e. The van der Waals surface area contributed by atoms with Gasteiger partial charge >= 0.3 is 0 Å². The van der Waals surface area contributed by atoms with Crippen LogP contribution in [0.3, 0.4) is 0 Å². The second-order valence-corrected chi connectivity index (χ2v) is 11.7. The Hall–Kier alpha value is -1.58. The number of benzene rings is 1. The number of aliphatic hydroxyl groups excluding tert-OH is 1. The van der Waals surface area contributed by atoms with Crippen LogP contribution in [0.4, 0.5) is 0 Å². The zero-order valence-electron chi connectivity index (χ0n) is 24.1. The SMILES string of the molecule is COCCCOc1cc(C[C@@H](C[C@H](N)[C@@H](O)CN(Cl)C(=O)C(C)(C)C2CCOCC2)C(C)C)ccc1OC. The van der Waals surface area contributed by atoms with Crippen molar-refractivity contribution in [3.8, 4) is 11.5 Å². The zero-order chi connectivity index (χ0) is 28.3. The quantitative estimate of drug-likeness (QED) is 0.229. The van der Waals surface area contributed by atoms with E-state index in [-0.39, 0.29) is 24.3 Å². The number of methoxy groups -OCH3 is 2. The number of ether oxygens (including phenoxy) is 4. The molecular weight excluding hydrogens is 508 g/mol. The van der Waals surface area contributed by atoms with Gasteiger partial charge in [0, 0.05) is 56.6 Å². The lowest BCUT2D eigenvalue weighted by Gasteiger charge is -2.38. The molecule has 0 bridgehead atoms. The Labute approximate surface area is 234 Å². The van der Waals surface area contributed by atoms with Crippen LogP contribution in [-0.2, 0) is 20.7 Å². The lowest BCUT2D eigenvalue weighted by Crippen LogP contribution is -2.48. The van der Waals surface area contributed by atoms with Gasteiger partial charge in [0.1, 0.15) is 0 Å². The van der Waals surface area contributed by atoms with E-state index < -0.39 is 17.6 Å². The van der Waals surface area contributed by atoms with Gasteiger partial charge in [-0.05, 0) is 61.1 Å². The first kappa shape index (κ1) is 32.6. The first-order valence-corrected chi connectivity index (χ1v) is 14.1. The number of carbonyl (C=O) groups is 1. The number of amides is 1. The molecule has 1 aliphatic rings. The van der Waals surface area contributed by atoms with Crippen LogP contribution in [0.2, 0.25) is 0 Å². The molecule has 1 aromatic rings. The van der Waals surface area contributed by atoms with E-state index in [4.69, 9.17) is 36.5 Å². The standard InChI is InChI=1S/C29H49ClN2O6/c1-20(2)22(16-21-8-9-26(36-6)27(17-21)38-13-7-12-35-5)18-24(31)25(33)19-32(30)28(34)29(3,4)23-10-14-37-15-11-23/h8-9,17,20,22-25,33H,7,10-16,18-19,31H2,1-6H3/t22-,24-,25-/m0/s1. The molecule has 1 amide bonds. The average molecular weight is 557 g/mol. The maximum Gasteiger partial charge on any atom is 0.242 e. The van der Waals surface area contributed by atoms with Crippen molar-refractivity contribution in [1.82, 2.24) is 4.42 Å². The summed E-state index contributed by atoms with van der Waals surface area (Å²) in [6.45, 7) is 10.6. The monoisotopic (exact) mass is 556 g/mol. The van der Waals surface area contributed by atoms with Crippen LogP contribution in [0.25, 0.3) is 0 Å². The summed E-state index contributed by atoms with van der Waals surface area (Å²) in [6, 6.07) is 5.45. The number of carbonyl (C=O) groups excluding carboxylic acids is 1. The Morgan fingerprint density at radius 1 is 1.21 bits per heavy atom. The van der Waals surface area contributed by atoms with Gasteiger partial charge in [0.2, 0.25) is 5.91 Å². The molecule has 9 heteroatoms. The fraction of sp³-hybridized carbons (Fsp3) is 0.759. The van der Waals surface area contributed by atoms with Crippen molar-refractivity contribution >= 4 is 17.7 Å². The van der Waals surface area contributed by atoms with Crippen LogP contribution in [-0.4, -0.2) is 74.8 Å². The number of aliphatic hydroxyl groups is 1. The summed E-state index contributed by atoms with van der Waals surface area (Å²) in [7, 11) is 3.30. The normalized spacial score (nSPS) is 17.2. The second-order valence-electron chi connectivity index (χ2n) is 11.3. The van der Waals surface area contributed by atoms with Crippen molar-refractivity contribution in [3.63, 3.8) is 0 Å². The maximum atomic E-state index is 13.2. The van der Waals surface area contributed by atoms with E-state index in [0.29, 0.717) is 50.3 Å². The van der Waals surface area contributed by atoms with Gasteiger partial charge in [-0.15, -0.1) is 0 Å². The predicted octanol–water partition coefficient (Wildman–Crippen LogP) is 4.44. The van der Waals surface area contributed by atoms with Crippen LogP contribution in [0.15, 0.2) is 18.2 Å². The van der Waals surface area contributed by atoms with Gasteiger partial charge in [-0.2, -0.15) is 0 Å². The third kappa shape index (κ3) is 9.56. The third-order valence-corrected chi connectivity index (χ3v) is 8.14. The molecule has 8 nitrogen and oxygen atoms in total. The van der Waals surface area contributed by atoms with Crippen LogP contribution >= 0.6 is 11.8 Å². The number of nitrogens with two attached hydrogens (primary N) is 1. The van der Waals surface area contributed by atoms with Crippen molar-refractivity contribution in [2.24, 2.45) is 28.9 Å². The van der Waals surface area contributed by atoms with Crippen LogP contribution < -0.4 is 15.2 Å². The highest BCUT2D eigenvalue weighted by molar-refractivity contribution is 6.22. The summed E-state index contributed by atoms with van der Waals surface area (Å²) in [5, 5.41) is 10.9. The fourth-order valence-electron chi connectivity index (χ4n) is 5.04. The zero-order valence-corrected chi connectivity index (χ0v) is 24.8. The molecule has 0 saturated carbocycles. The highest BCUT2D eigenvalue weighted by atomic mass is 35.5. The number of hydrogen-bond donors (Lipinski definition) is 2. The largest absolute Gasteiger partial charge is 0.493 e. The van der Waals surface area contributed by atoms with E-state index in [0.717, 1.165) is 35.7 Å². The summed E-state index contributed by atoms with van der Waals surface area (Å²) < 4.78 is 23.1. The summed E-state index contributed by atoms with van der Waals surface area (Å²) in [5.74, 6) is 1.95. The molecule has 1 aromatic carbocycles. The number of hydrogen-bond acceptors (Lipinski definition) is 7. The number of nitrogens with zero attached hydrogens (tertiary/aromatic N) is 1. The van der Waals surface area contributed by atoms with Crippen molar-refractivity contribution < 1.29 is 28.8 Å². The van der Waals surface area contributed by atoms with E-state index in [1.54, 1.807) is 14.2 Å². The van der Waals surface area contributed by atoms with E-state index in [2.05, 4.69) is 13.8 Å². The van der Waals surface area contributed by atoms with Crippen molar-refractivity contribution in [2.75, 3.05) is 47.2 Å². The lowest BCUT2D eigenvalue weighted by atomic mass is 9.74. The summed E-state index contributed by atoms with van der Waals surface area (Å²) in [6.07, 6.45) is 2.88. The smallest absolute Gasteiger partial charge is 0.242 e. The van der Waals surface area contributed by atoms with E-state index in [1.165, 1.54) is 0 Å². The molecule has 1 heterocycles. The average Bonchev–Trinajstić information content (AvgIpc) is 2.90. The second kappa shape index (κ2) is 15.9. The van der Waals surface area contributed by atoms with Crippen LogP contribution in [0, 0.1) is 23.2 Å². The summed E-state index contributed by atoms with van der Waals surface area (Å²) in [4.78, 5) is 13.2. The van der Waals surface area contributed by atoms with E-state index in [9.17, 15) is 9.90 Å². The highest BCUT2D eigenvalue weighted by Gasteiger charge is 2.40. The van der Waals surface area contributed by atoms with Crippen molar-refractivity contribution in [1.29, 1.82) is 0 Å². The van der Waals surface area contributed by atoms with E-state index in [1.807, 2.05) is 32.0 Å². The molecule has 0 aromatic heterocycles. The van der Waals surface area contributed by atoms with Gasteiger partial charge in [-0.1, -0.05) is 33.8 Å². The third-order valence-electron chi connectivity index (χ3n) is 7.85. The minimum absolute atomic E-state index is 0.0129. The molecular formula is C29H49ClN2O6. The molecule has 1 aliphatic heterocycles. The predicted molar refractivity (Wildman–Crippen MR) is 151 cm³/mol. The first-order chi connectivity index (χ1) is 18.0. The van der Waals surface area contributed by atoms with Gasteiger partial charge in [0.15, 0.2) is 11.5 Å². The van der Waals surface area contributed by atoms with E-state index >= 15 is 0 Å². The van der Waals surface area contributed by atoms with Gasteiger partial charge in [0.05, 0.1) is 26.4 Å². The molecule has 2 rings (SSSR count). The van der Waals surface area contributed by atoms with Crippen LogP contribution in [0.5, 0.6) is 11.5 Å². The molecule has 0 unspecified atom stereocenters. The lowest BCUT2D eigenvalue weighted by molar-refractivity contribution is -0.141. The Balaban J connectivity index is 1.99. The summed E-state index contributed by atoms with van der Waals surface area (Å²) in [5.41, 5.74) is 6.94. The van der Waals surface area contributed by atoms with Crippen molar-refractivity contribution in [2.45, 2.75) is 71.9 Å². The topological polar surface area (TPSA) is 103 Å². The van der Waals surface area contributed by atoms with Gasteiger partial charge in [-0.25, -0.2) is 0 Å². The molecule has 0 aliphatic carbocycles. The minimum atomic E-state index is -0.932. The fourth-order valence-corrected chi connectivity index (χ4v) is 5.40. The number of rotatable bonds is 16. The first-order valence-electron chi connectivity index (χ1n) is 13.8. The molecule has 3 N–H and O–H groups in total. The maximum absolute atomic E-state index is 13.2. The summed E-state index contributed by atoms with van der Waals surface area (Å²) >= 11 is 6.41. The van der Waals surface area contributed by atoms with Crippen LogP contribution in [0.1, 0.15) is 58.9 Å². The molecule has 38 heavy (non-hydrogen) atoms. The number of halogens is 1. The van der Waals surface area contributed by atoms with Crippen molar-refractivity contribution in [3.05, 3.63) is 23.8 Å². The van der Waals surface area contributed by atoms with Gasteiger partial charge < -0.3 is 29.8 Å². The molecule has 3 atom stereocenters. The Morgan fingerprint density at radius 2 is 1.89 bits per heavy atom.